The van der Waals surface area contributed by atoms with Crippen molar-refractivity contribution in [2.24, 2.45) is 0 Å². The second-order valence-corrected chi connectivity index (χ2v) is 10.5. The average Bonchev–Trinajstić information content (AvgIpc) is 3.36. The van der Waals surface area contributed by atoms with Crippen LogP contribution < -0.4 is 10.6 Å². The van der Waals surface area contributed by atoms with Crippen molar-refractivity contribution >= 4 is 23.7 Å². The molecule has 10 heteroatoms. The molecule has 0 radical (unpaired) electrons. The van der Waals surface area contributed by atoms with E-state index < -0.39 is 11.7 Å². The molecule has 2 amide bonds. The van der Waals surface area contributed by atoms with Crippen LogP contribution in [0.3, 0.4) is 0 Å². The number of ether oxygens (including phenoxy) is 1. The molecule has 1 aliphatic rings. The Morgan fingerprint density at radius 2 is 1.92 bits per heavy atom. The van der Waals surface area contributed by atoms with Crippen LogP contribution in [0.15, 0.2) is 34.9 Å². The van der Waals surface area contributed by atoms with Gasteiger partial charge in [0, 0.05) is 23.6 Å². The number of aromatic nitrogens is 3. The van der Waals surface area contributed by atoms with Crippen LogP contribution in [0.1, 0.15) is 82.7 Å². The van der Waals surface area contributed by atoms with Gasteiger partial charge in [0.15, 0.2) is 5.82 Å². The van der Waals surface area contributed by atoms with Crippen molar-refractivity contribution in [3.8, 4) is 17.3 Å². The van der Waals surface area contributed by atoms with E-state index >= 15 is 0 Å². The van der Waals surface area contributed by atoms with E-state index in [2.05, 4.69) is 27.0 Å². The summed E-state index contributed by atoms with van der Waals surface area (Å²) in [4.78, 5) is 24.9. The summed E-state index contributed by atoms with van der Waals surface area (Å²) in [7, 11) is 0. The number of carbonyl (C=O) groups is 2. The normalized spacial score (nSPS) is 13.6. The molecule has 0 aliphatic heterocycles. The number of nitrogens with one attached hydrogen (secondary N) is 2. The van der Waals surface area contributed by atoms with Gasteiger partial charge < -0.3 is 9.26 Å². The van der Waals surface area contributed by atoms with E-state index in [-0.39, 0.29) is 29.8 Å². The minimum Gasteiger partial charge on any atom is -0.444 e. The standard InChI is InChI=1S/C27H32N6O4/c1-16(2)33-25(30-26(35)36-27(3,4)5)20(15-28)24(31-33)19-11-9-17(10-12-19)13-22(34)29-23-14-21(32-37-23)18-7-6-8-18/h9-12,14,16,18H,6-8,13H2,1-5H3,(H,29,34)(H,30,35). The zero-order valence-electron chi connectivity index (χ0n) is 21.8. The number of nitrogens with zero attached hydrogens (tertiary/aromatic N) is 4. The highest BCUT2D eigenvalue weighted by Gasteiger charge is 2.25. The van der Waals surface area contributed by atoms with Gasteiger partial charge in [-0.2, -0.15) is 10.4 Å². The monoisotopic (exact) mass is 504 g/mol. The maximum absolute atomic E-state index is 12.5. The Bertz CT molecular complexity index is 1320. The van der Waals surface area contributed by atoms with Gasteiger partial charge in [-0.25, -0.2) is 9.48 Å². The highest BCUT2D eigenvalue weighted by atomic mass is 16.6. The van der Waals surface area contributed by atoms with Gasteiger partial charge in [0.05, 0.1) is 12.1 Å². The van der Waals surface area contributed by atoms with Crippen LogP contribution in [0.4, 0.5) is 16.5 Å². The summed E-state index contributed by atoms with van der Waals surface area (Å²) in [5.74, 6) is 0.846. The third kappa shape index (κ3) is 6.17. The maximum atomic E-state index is 12.5. The summed E-state index contributed by atoms with van der Waals surface area (Å²) in [5.41, 5.74) is 2.35. The van der Waals surface area contributed by atoms with Gasteiger partial charge in [-0.05, 0) is 53.0 Å². The number of benzene rings is 1. The SMILES string of the molecule is CC(C)n1nc(-c2ccc(CC(=O)Nc3cc(C4CCC4)no3)cc2)c(C#N)c1NC(=O)OC(C)(C)C. The summed E-state index contributed by atoms with van der Waals surface area (Å²) in [6.45, 7) is 9.11. The predicted octanol–water partition coefficient (Wildman–Crippen LogP) is 5.79. The molecule has 2 aromatic heterocycles. The summed E-state index contributed by atoms with van der Waals surface area (Å²) in [6, 6.07) is 11.1. The first-order valence-corrected chi connectivity index (χ1v) is 12.4. The van der Waals surface area contributed by atoms with Gasteiger partial charge >= 0.3 is 6.09 Å². The first-order valence-electron chi connectivity index (χ1n) is 12.4. The second kappa shape index (κ2) is 10.5. The lowest BCUT2D eigenvalue weighted by Crippen LogP contribution is -2.28. The van der Waals surface area contributed by atoms with Crippen molar-refractivity contribution in [3.63, 3.8) is 0 Å². The Morgan fingerprint density at radius 3 is 2.49 bits per heavy atom. The van der Waals surface area contributed by atoms with Gasteiger partial charge in [-0.3, -0.25) is 15.4 Å². The highest BCUT2D eigenvalue weighted by molar-refractivity contribution is 5.91. The highest BCUT2D eigenvalue weighted by Crippen LogP contribution is 2.36. The molecule has 1 aromatic carbocycles. The Morgan fingerprint density at radius 1 is 1.22 bits per heavy atom. The summed E-state index contributed by atoms with van der Waals surface area (Å²) < 4.78 is 12.2. The number of hydrogen-bond acceptors (Lipinski definition) is 7. The number of amides is 2. The van der Waals surface area contributed by atoms with Crippen molar-refractivity contribution in [2.75, 3.05) is 10.6 Å². The van der Waals surface area contributed by atoms with Crippen molar-refractivity contribution in [3.05, 3.63) is 47.2 Å². The van der Waals surface area contributed by atoms with E-state index in [4.69, 9.17) is 9.26 Å². The Balaban J connectivity index is 1.48. The molecule has 4 rings (SSSR count). The Kier molecular flexibility index (Phi) is 7.34. The van der Waals surface area contributed by atoms with Crippen LogP contribution >= 0.6 is 0 Å². The molecular formula is C27H32N6O4. The fourth-order valence-corrected chi connectivity index (χ4v) is 4.03. The molecule has 2 heterocycles. The van der Waals surface area contributed by atoms with Crippen molar-refractivity contribution in [1.29, 1.82) is 5.26 Å². The molecule has 2 N–H and O–H groups in total. The topological polar surface area (TPSA) is 135 Å². The largest absolute Gasteiger partial charge is 0.444 e. The van der Waals surface area contributed by atoms with Gasteiger partial charge in [0.1, 0.15) is 22.9 Å². The molecule has 0 saturated heterocycles. The van der Waals surface area contributed by atoms with E-state index in [1.807, 2.05) is 26.0 Å². The lowest BCUT2D eigenvalue weighted by atomic mass is 9.83. The number of rotatable bonds is 7. The van der Waals surface area contributed by atoms with E-state index in [1.54, 1.807) is 43.7 Å². The van der Waals surface area contributed by atoms with E-state index in [0.717, 1.165) is 24.1 Å². The molecule has 37 heavy (non-hydrogen) atoms. The maximum Gasteiger partial charge on any atom is 0.413 e. The van der Waals surface area contributed by atoms with E-state index in [1.165, 1.54) is 6.42 Å². The molecule has 1 saturated carbocycles. The molecule has 0 atom stereocenters. The second-order valence-electron chi connectivity index (χ2n) is 10.5. The summed E-state index contributed by atoms with van der Waals surface area (Å²) in [6.07, 6.45) is 2.90. The molecular weight excluding hydrogens is 472 g/mol. The lowest BCUT2D eigenvalue weighted by Gasteiger charge is -2.22. The summed E-state index contributed by atoms with van der Waals surface area (Å²) in [5, 5.41) is 24.0. The fraction of sp³-hybridized carbons (Fsp3) is 0.444. The van der Waals surface area contributed by atoms with Crippen LogP contribution in [-0.4, -0.2) is 32.5 Å². The third-order valence-corrected chi connectivity index (χ3v) is 6.04. The van der Waals surface area contributed by atoms with Crippen LogP contribution in [0.5, 0.6) is 0 Å². The van der Waals surface area contributed by atoms with E-state index in [0.29, 0.717) is 23.1 Å². The quantitative estimate of drug-likeness (QED) is 0.416. The molecule has 0 unspecified atom stereocenters. The van der Waals surface area contributed by atoms with Crippen LogP contribution in [0.2, 0.25) is 0 Å². The van der Waals surface area contributed by atoms with Gasteiger partial charge in [-0.15, -0.1) is 0 Å². The van der Waals surface area contributed by atoms with Crippen molar-refractivity contribution < 1.29 is 18.8 Å². The molecule has 194 valence electrons. The number of anilines is 2. The Labute approximate surface area is 216 Å². The Hall–Kier alpha value is -4.13. The minimum absolute atomic E-state index is 0.116. The van der Waals surface area contributed by atoms with Gasteiger partial charge in [-0.1, -0.05) is 35.8 Å². The number of hydrogen-bond donors (Lipinski definition) is 2. The number of nitriles is 1. The summed E-state index contributed by atoms with van der Waals surface area (Å²) >= 11 is 0. The fourth-order valence-electron chi connectivity index (χ4n) is 4.03. The van der Waals surface area contributed by atoms with Crippen LogP contribution in [-0.2, 0) is 16.0 Å². The molecule has 1 fully saturated rings. The van der Waals surface area contributed by atoms with Gasteiger partial charge in [0.25, 0.3) is 0 Å². The minimum atomic E-state index is -0.684. The van der Waals surface area contributed by atoms with Crippen molar-refractivity contribution in [2.45, 2.75) is 77.9 Å². The molecule has 3 aromatic rings. The average molecular weight is 505 g/mol. The zero-order chi connectivity index (χ0) is 26.7. The zero-order valence-corrected chi connectivity index (χ0v) is 21.8. The lowest BCUT2D eigenvalue weighted by molar-refractivity contribution is -0.115. The molecule has 0 spiro atoms. The third-order valence-electron chi connectivity index (χ3n) is 6.04. The number of carbonyl (C=O) groups excluding carboxylic acids is 2. The van der Waals surface area contributed by atoms with E-state index in [9.17, 15) is 14.9 Å². The van der Waals surface area contributed by atoms with Gasteiger partial charge in [0.2, 0.25) is 11.8 Å². The van der Waals surface area contributed by atoms with Crippen molar-refractivity contribution in [1.82, 2.24) is 14.9 Å². The molecule has 10 nitrogen and oxygen atoms in total. The van der Waals surface area contributed by atoms with Crippen LogP contribution in [0.25, 0.3) is 11.3 Å². The molecule has 1 aliphatic carbocycles. The smallest absolute Gasteiger partial charge is 0.413 e. The first kappa shape index (κ1) is 25.9. The molecule has 0 bridgehead atoms. The predicted molar refractivity (Wildman–Crippen MR) is 138 cm³/mol. The first-order chi connectivity index (χ1) is 17.5. The van der Waals surface area contributed by atoms with Crippen LogP contribution in [0, 0.1) is 11.3 Å².